The zero-order chi connectivity index (χ0) is 13.5. The van der Waals surface area contributed by atoms with Crippen LogP contribution in [0, 0.1) is 0 Å². The van der Waals surface area contributed by atoms with Crippen LogP contribution in [-0.2, 0) is 11.2 Å². The SMILES string of the molecule is O=C(COCCc1ccccc1)c1cccc(Cl)c1. The van der Waals surface area contributed by atoms with E-state index < -0.39 is 0 Å². The van der Waals surface area contributed by atoms with E-state index in [9.17, 15) is 4.79 Å². The molecule has 0 aromatic heterocycles. The first-order valence-corrected chi connectivity index (χ1v) is 6.54. The van der Waals surface area contributed by atoms with Crippen LogP contribution in [0.4, 0.5) is 0 Å². The van der Waals surface area contributed by atoms with Gasteiger partial charge in [0.1, 0.15) is 6.61 Å². The van der Waals surface area contributed by atoms with Crippen LogP contribution in [0.1, 0.15) is 15.9 Å². The molecule has 0 heterocycles. The van der Waals surface area contributed by atoms with Crippen molar-refractivity contribution in [1.82, 2.24) is 0 Å². The average molecular weight is 275 g/mol. The van der Waals surface area contributed by atoms with Gasteiger partial charge in [-0.1, -0.05) is 54.1 Å². The summed E-state index contributed by atoms with van der Waals surface area (Å²) in [5.41, 5.74) is 1.80. The molecule has 2 aromatic rings. The number of halogens is 1. The van der Waals surface area contributed by atoms with E-state index in [-0.39, 0.29) is 12.4 Å². The zero-order valence-electron chi connectivity index (χ0n) is 10.5. The molecule has 0 radical (unpaired) electrons. The van der Waals surface area contributed by atoms with Gasteiger partial charge in [0.25, 0.3) is 0 Å². The van der Waals surface area contributed by atoms with Gasteiger partial charge >= 0.3 is 0 Å². The number of Topliss-reactive ketones (excluding diaryl/α,β-unsaturated/α-hetero) is 1. The quantitative estimate of drug-likeness (QED) is 0.592. The number of rotatable bonds is 6. The molecule has 0 bridgehead atoms. The summed E-state index contributed by atoms with van der Waals surface area (Å²) in [6, 6.07) is 17.0. The fourth-order valence-corrected chi connectivity index (χ4v) is 1.94. The lowest BCUT2D eigenvalue weighted by Gasteiger charge is -2.04. The van der Waals surface area contributed by atoms with E-state index in [2.05, 4.69) is 0 Å². The molecule has 98 valence electrons. The van der Waals surface area contributed by atoms with E-state index in [0.29, 0.717) is 17.2 Å². The standard InChI is InChI=1S/C16H15ClO2/c17-15-8-4-7-14(11-15)16(18)12-19-10-9-13-5-2-1-3-6-13/h1-8,11H,9-10,12H2. The van der Waals surface area contributed by atoms with Crippen molar-refractivity contribution in [3.8, 4) is 0 Å². The number of hydrogen-bond donors (Lipinski definition) is 0. The van der Waals surface area contributed by atoms with Crippen LogP contribution in [0.15, 0.2) is 54.6 Å². The van der Waals surface area contributed by atoms with E-state index in [1.54, 1.807) is 24.3 Å². The Kier molecular flexibility index (Phi) is 5.13. The molecule has 2 nitrogen and oxygen atoms in total. The Morgan fingerprint density at radius 1 is 1.05 bits per heavy atom. The Morgan fingerprint density at radius 2 is 1.84 bits per heavy atom. The first-order chi connectivity index (χ1) is 9.25. The normalized spacial score (nSPS) is 10.4. The first kappa shape index (κ1) is 13.8. The molecule has 0 N–H and O–H groups in total. The summed E-state index contributed by atoms with van der Waals surface area (Å²) in [4.78, 5) is 11.8. The number of carbonyl (C=O) groups excluding carboxylic acids is 1. The van der Waals surface area contributed by atoms with Gasteiger partial charge < -0.3 is 4.74 Å². The van der Waals surface area contributed by atoms with Crippen molar-refractivity contribution in [3.05, 3.63) is 70.7 Å². The molecule has 0 saturated carbocycles. The van der Waals surface area contributed by atoms with Gasteiger partial charge in [-0.25, -0.2) is 0 Å². The smallest absolute Gasteiger partial charge is 0.188 e. The second-order valence-electron chi connectivity index (χ2n) is 4.22. The molecule has 0 aliphatic heterocycles. The maximum Gasteiger partial charge on any atom is 0.188 e. The van der Waals surface area contributed by atoms with E-state index in [1.165, 1.54) is 5.56 Å². The van der Waals surface area contributed by atoms with E-state index in [0.717, 1.165) is 6.42 Å². The molecule has 0 amide bonds. The second-order valence-corrected chi connectivity index (χ2v) is 4.66. The molecular weight excluding hydrogens is 260 g/mol. The summed E-state index contributed by atoms with van der Waals surface area (Å²) in [5, 5.41) is 0.565. The van der Waals surface area contributed by atoms with Gasteiger partial charge in [0.05, 0.1) is 6.61 Å². The predicted octanol–water partition coefficient (Wildman–Crippen LogP) is 3.78. The van der Waals surface area contributed by atoms with Crippen molar-refractivity contribution >= 4 is 17.4 Å². The van der Waals surface area contributed by atoms with Gasteiger partial charge in [0, 0.05) is 10.6 Å². The van der Waals surface area contributed by atoms with Gasteiger partial charge in [-0.15, -0.1) is 0 Å². The number of ketones is 1. The van der Waals surface area contributed by atoms with E-state index in [1.807, 2.05) is 30.3 Å². The number of hydrogen-bond acceptors (Lipinski definition) is 2. The lowest BCUT2D eigenvalue weighted by atomic mass is 10.1. The van der Waals surface area contributed by atoms with Crippen LogP contribution in [0.2, 0.25) is 5.02 Å². The lowest BCUT2D eigenvalue weighted by molar-refractivity contribution is 0.0765. The predicted molar refractivity (Wildman–Crippen MR) is 76.7 cm³/mol. The maximum atomic E-state index is 11.8. The molecule has 0 unspecified atom stereocenters. The monoisotopic (exact) mass is 274 g/mol. The summed E-state index contributed by atoms with van der Waals surface area (Å²) in [6.45, 7) is 0.628. The fraction of sp³-hybridized carbons (Fsp3) is 0.188. The highest BCUT2D eigenvalue weighted by Crippen LogP contribution is 2.11. The Labute approximate surface area is 118 Å². The number of benzene rings is 2. The fourth-order valence-electron chi connectivity index (χ4n) is 1.74. The van der Waals surface area contributed by atoms with Gasteiger partial charge in [-0.2, -0.15) is 0 Å². The van der Waals surface area contributed by atoms with E-state index >= 15 is 0 Å². The molecule has 0 fully saturated rings. The number of carbonyl (C=O) groups is 1. The third-order valence-electron chi connectivity index (χ3n) is 2.76. The molecule has 2 aromatic carbocycles. The van der Waals surface area contributed by atoms with Crippen molar-refractivity contribution in [2.45, 2.75) is 6.42 Å². The van der Waals surface area contributed by atoms with E-state index in [4.69, 9.17) is 16.3 Å². The Bertz CT molecular complexity index is 537. The topological polar surface area (TPSA) is 26.3 Å². The molecule has 2 rings (SSSR count). The van der Waals surface area contributed by atoms with Crippen LogP contribution in [0.3, 0.4) is 0 Å². The van der Waals surface area contributed by atoms with Gasteiger partial charge in [0.15, 0.2) is 5.78 Å². The highest BCUT2D eigenvalue weighted by atomic mass is 35.5. The minimum Gasteiger partial charge on any atom is -0.373 e. The minimum atomic E-state index is -0.0458. The largest absolute Gasteiger partial charge is 0.373 e. The summed E-state index contributed by atoms with van der Waals surface area (Å²) in [5.74, 6) is -0.0458. The van der Waals surface area contributed by atoms with Crippen LogP contribution in [0.25, 0.3) is 0 Å². The minimum absolute atomic E-state index is 0.0458. The highest BCUT2D eigenvalue weighted by Gasteiger charge is 2.06. The third-order valence-corrected chi connectivity index (χ3v) is 2.99. The first-order valence-electron chi connectivity index (χ1n) is 6.16. The summed E-state index contributed by atoms with van der Waals surface area (Å²) in [6.07, 6.45) is 0.809. The Balaban J connectivity index is 1.75. The molecule has 0 saturated heterocycles. The lowest BCUT2D eigenvalue weighted by Crippen LogP contribution is -2.10. The zero-order valence-corrected chi connectivity index (χ0v) is 11.3. The highest BCUT2D eigenvalue weighted by molar-refractivity contribution is 6.31. The molecule has 3 heteroatoms. The Morgan fingerprint density at radius 3 is 2.58 bits per heavy atom. The van der Waals surface area contributed by atoms with Crippen LogP contribution in [0.5, 0.6) is 0 Å². The molecule has 0 spiro atoms. The summed E-state index contributed by atoms with van der Waals surface area (Å²) in [7, 11) is 0. The van der Waals surface area contributed by atoms with Gasteiger partial charge in [-0.05, 0) is 24.1 Å². The Hall–Kier alpha value is -1.64. The molecule has 0 aliphatic rings. The van der Waals surface area contributed by atoms with Crippen molar-refractivity contribution in [2.24, 2.45) is 0 Å². The molecular formula is C16H15ClO2. The van der Waals surface area contributed by atoms with Crippen LogP contribution >= 0.6 is 11.6 Å². The van der Waals surface area contributed by atoms with Crippen molar-refractivity contribution in [2.75, 3.05) is 13.2 Å². The van der Waals surface area contributed by atoms with Crippen LogP contribution < -0.4 is 0 Å². The van der Waals surface area contributed by atoms with Crippen molar-refractivity contribution in [3.63, 3.8) is 0 Å². The third kappa shape index (κ3) is 4.51. The maximum absolute atomic E-state index is 11.8. The van der Waals surface area contributed by atoms with Gasteiger partial charge in [0.2, 0.25) is 0 Å². The summed E-state index contributed by atoms with van der Waals surface area (Å²) >= 11 is 5.84. The second kappa shape index (κ2) is 7.07. The molecule has 0 atom stereocenters. The van der Waals surface area contributed by atoms with Crippen molar-refractivity contribution in [1.29, 1.82) is 0 Å². The number of ether oxygens (including phenoxy) is 1. The summed E-state index contributed by atoms with van der Waals surface area (Å²) < 4.78 is 5.40. The molecule has 19 heavy (non-hydrogen) atoms. The van der Waals surface area contributed by atoms with Crippen LogP contribution in [-0.4, -0.2) is 19.0 Å². The van der Waals surface area contributed by atoms with Gasteiger partial charge in [-0.3, -0.25) is 4.79 Å². The molecule has 0 aliphatic carbocycles. The van der Waals surface area contributed by atoms with Crippen molar-refractivity contribution < 1.29 is 9.53 Å². The average Bonchev–Trinajstić information content (AvgIpc) is 2.44.